The van der Waals surface area contributed by atoms with E-state index in [1.807, 2.05) is 20.8 Å². The lowest BCUT2D eigenvalue weighted by Crippen LogP contribution is -2.46. The molecule has 3 N–H and O–H groups in total. The van der Waals surface area contributed by atoms with Gasteiger partial charge < -0.3 is 20.7 Å². The predicted molar refractivity (Wildman–Crippen MR) is 147 cm³/mol. The van der Waals surface area contributed by atoms with Gasteiger partial charge in [0.2, 0.25) is 0 Å². The van der Waals surface area contributed by atoms with E-state index >= 15 is 0 Å². The van der Waals surface area contributed by atoms with E-state index in [-0.39, 0.29) is 17.9 Å². The van der Waals surface area contributed by atoms with Gasteiger partial charge in [-0.25, -0.2) is 13.6 Å². The molecular weight excluding hydrogens is 488 g/mol. The van der Waals surface area contributed by atoms with Gasteiger partial charge >= 0.3 is 5.97 Å². The standard InChI is InChI=1S/C30H43F2N3O3/c1-5-8-9-10-34-20-28(27(33)17-22-15-25(31)19-26(32)16-22)38-30(37)24-14-21(4)13-23(18-24)29(36)35(11-6-2)12-7-3/h13-16,18-19,27-28,34H,5-12,17,20,33H2,1-4H3/t27-,28+/m0/s1. The minimum absolute atomic E-state index is 0.120. The first-order valence-corrected chi connectivity index (χ1v) is 13.7. The van der Waals surface area contributed by atoms with Crippen molar-refractivity contribution in [2.24, 2.45) is 5.73 Å². The number of hydrogen-bond donors (Lipinski definition) is 2. The molecule has 2 atom stereocenters. The van der Waals surface area contributed by atoms with Crippen LogP contribution >= 0.6 is 0 Å². The maximum absolute atomic E-state index is 13.7. The number of nitrogens with one attached hydrogen (secondary N) is 1. The number of nitrogens with two attached hydrogens (primary N) is 1. The number of ether oxygens (including phenoxy) is 1. The number of carbonyl (C=O) groups is 2. The highest BCUT2D eigenvalue weighted by atomic mass is 19.1. The second-order valence-corrected chi connectivity index (χ2v) is 9.88. The van der Waals surface area contributed by atoms with Crippen molar-refractivity contribution in [1.29, 1.82) is 0 Å². The minimum atomic E-state index is -0.744. The number of nitrogens with zero attached hydrogens (tertiary/aromatic N) is 1. The Hall–Kier alpha value is -2.84. The van der Waals surface area contributed by atoms with Crippen molar-refractivity contribution < 1.29 is 23.1 Å². The Labute approximate surface area is 225 Å². The largest absolute Gasteiger partial charge is 0.456 e. The third-order valence-corrected chi connectivity index (χ3v) is 6.27. The molecule has 8 heteroatoms. The van der Waals surface area contributed by atoms with Crippen molar-refractivity contribution in [2.75, 3.05) is 26.2 Å². The molecule has 0 aromatic heterocycles. The fraction of sp³-hybridized carbons (Fsp3) is 0.533. The molecule has 210 valence electrons. The summed E-state index contributed by atoms with van der Waals surface area (Å²) in [5, 5.41) is 3.28. The average molecular weight is 532 g/mol. The first-order chi connectivity index (χ1) is 18.2. The number of hydrogen-bond acceptors (Lipinski definition) is 5. The highest BCUT2D eigenvalue weighted by molar-refractivity contribution is 5.98. The van der Waals surface area contributed by atoms with Crippen LogP contribution in [0.1, 0.15) is 84.7 Å². The lowest BCUT2D eigenvalue weighted by Gasteiger charge is -2.25. The quantitative estimate of drug-likeness (QED) is 0.224. The van der Waals surface area contributed by atoms with Crippen molar-refractivity contribution >= 4 is 11.9 Å². The van der Waals surface area contributed by atoms with Crippen LogP contribution in [0.2, 0.25) is 0 Å². The van der Waals surface area contributed by atoms with Crippen molar-refractivity contribution in [3.63, 3.8) is 0 Å². The SMILES string of the molecule is CCCCCNC[C@@H](OC(=O)c1cc(C)cc(C(=O)N(CCC)CCC)c1)[C@@H](N)Cc1cc(F)cc(F)c1. The number of carbonyl (C=O) groups excluding carboxylic acids is 2. The Morgan fingerprint density at radius 1 is 0.921 bits per heavy atom. The third kappa shape index (κ3) is 10.1. The van der Waals surface area contributed by atoms with Crippen molar-refractivity contribution in [2.45, 2.75) is 78.4 Å². The topological polar surface area (TPSA) is 84.7 Å². The van der Waals surface area contributed by atoms with Crippen LogP contribution in [0.4, 0.5) is 8.78 Å². The van der Waals surface area contributed by atoms with Crippen molar-refractivity contribution in [3.05, 3.63) is 70.3 Å². The van der Waals surface area contributed by atoms with Crippen molar-refractivity contribution in [3.8, 4) is 0 Å². The van der Waals surface area contributed by atoms with E-state index in [0.717, 1.165) is 50.3 Å². The highest BCUT2D eigenvalue weighted by Gasteiger charge is 2.25. The summed E-state index contributed by atoms with van der Waals surface area (Å²) >= 11 is 0. The summed E-state index contributed by atoms with van der Waals surface area (Å²) in [6.45, 7) is 10.3. The van der Waals surface area contributed by atoms with Crippen LogP contribution in [0, 0.1) is 18.6 Å². The van der Waals surface area contributed by atoms with Gasteiger partial charge in [-0.2, -0.15) is 0 Å². The molecule has 0 saturated heterocycles. The van der Waals surface area contributed by atoms with Crippen LogP contribution in [0.5, 0.6) is 0 Å². The van der Waals surface area contributed by atoms with Gasteiger partial charge in [0.25, 0.3) is 5.91 Å². The molecule has 0 fully saturated rings. The smallest absolute Gasteiger partial charge is 0.338 e. The Bertz CT molecular complexity index is 1020. The minimum Gasteiger partial charge on any atom is -0.456 e. The number of unbranched alkanes of at least 4 members (excludes halogenated alkanes) is 2. The summed E-state index contributed by atoms with van der Waals surface area (Å²) in [6.07, 6.45) is 4.18. The Balaban J connectivity index is 2.23. The van der Waals surface area contributed by atoms with Gasteiger partial charge in [0, 0.05) is 37.3 Å². The maximum Gasteiger partial charge on any atom is 0.338 e. The second-order valence-electron chi connectivity index (χ2n) is 9.88. The Morgan fingerprint density at radius 2 is 1.55 bits per heavy atom. The Morgan fingerprint density at radius 3 is 2.16 bits per heavy atom. The molecule has 0 aliphatic rings. The van der Waals surface area contributed by atoms with Gasteiger partial charge in [0.15, 0.2) is 0 Å². The normalized spacial score (nSPS) is 12.7. The number of aryl methyl sites for hydroxylation is 1. The Kier molecular flexibility index (Phi) is 13.4. The molecule has 0 unspecified atom stereocenters. The molecule has 0 aliphatic carbocycles. The fourth-order valence-electron chi connectivity index (χ4n) is 4.42. The predicted octanol–water partition coefficient (Wildman–Crippen LogP) is 5.41. The molecule has 2 aromatic rings. The molecular formula is C30H43F2N3O3. The molecule has 2 rings (SSSR count). The second kappa shape index (κ2) is 16.2. The number of benzene rings is 2. The van der Waals surface area contributed by atoms with Crippen LogP contribution in [0.3, 0.4) is 0 Å². The summed E-state index contributed by atoms with van der Waals surface area (Å²) < 4.78 is 33.3. The molecule has 0 saturated carbocycles. The number of halogens is 2. The van der Waals surface area contributed by atoms with E-state index in [1.165, 1.54) is 12.1 Å². The van der Waals surface area contributed by atoms with Gasteiger partial charge in [0.05, 0.1) is 5.56 Å². The van der Waals surface area contributed by atoms with Crippen LogP contribution in [-0.4, -0.2) is 55.1 Å². The summed E-state index contributed by atoms with van der Waals surface area (Å²) in [6, 6.07) is 7.59. The van der Waals surface area contributed by atoms with Crippen LogP contribution in [0.15, 0.2) is 36.4 Å². The number of esters is 1. The zero-order valence-electron chi connectivity index (χ0n) is 23.2. The van der Waals surface area contributed by atoms with Crippen LogP contribution in [0.25, 0.3) is 0 Å². The summed E-state index contributed by atoms with van der Waals surface area (Å²) in [5.41, 5.74) is 8.27. The molecule has 0 spiro atoms. The molecule has 0 radical (unpaired) electrons. The van der Waals surface area contributed by atoms with Gasteiger partial charge in [-0.15, -0.1) is 0 Å². The van der Waals surface area contributed by atoms with E-state index in [9.17, 15) is 18.4 Å². The third-order valence-electron chi connectivity index (χ3n) is 6.27. The number of rotatable bonds is 16. The molecule has 2 aromatic carbocycles. The summed E-state index contributed by atoms with van der Waals surface area (Å²) in [5.74, 6) is -2.09. The zero-order chi connectivity index (χ0) is 28.1. The van der Waals surface area contributed by atoms with Crippen LogP contribution < -0.4 is 11.1 Å². The first kappa shape index (κ1) is 31.4. The van der Waals surface area contributed by atoms with E-state index < -0.39 is 29.7 Å². The van der Waals surface area contributed by atoms with E-state index in [1.54, 1.807) is 23.1 Å². The van der Waals surface area contributed by atoms with E-state index in [4.69, 9.17) is 10.5 Å². The lowest BCUT2D eigenvalue weighted by atomic mass is 10.0. The van der Waals surface area contributed by atoms with Gasteiger partial charge in [-0.1, -0.05) is 33.6 Å². The summed E-state index contributed by atoms with van der Waals surface area (Å²) in [7, 11) is 0. The van der Waals surface area contributed by atoms with Gasteiger partial charge in [-0.05, 0) is 80.6 Å². The average Bonchev–Trinajstić information content (AvgIpc) is 2.86. The lowest BCUT2D eigenvalue weighted by molar-refractivity contribution is 0.0239. The summed E-state index contributed by atoms with van der Waals surface area (Å²) in [4.78, 5) is 28.2. The highest BCUT2D eigenvalue weighted by Crippen LogP contribution is 2.17. The zero-order valence-corrected chi connectivity index (χ0v) is 23.2. The van der Waals surface area contributed by atoms with Gasteiger partial charge in [0.1, 0.15) is 17.7 Å². The van der Waals surface area contributed by atoms with Gasteiger partial charge in [-0.3, -0.25) is 4.79 Å². The van der Waals surface area contributed by atoms with Crippen LogP contribution in [-0.2, 0) is 11.2 Å². The maximum atomic E-state index is 13.7. The van der Waals surface area contributed by atoms with E-state index in [0.29, 0.717) is 30.8 Å². The molecule has 38 heavy (non-hydrogen) atoms. The van der Waals surface area contributed by atoms with E-state index in [2.05, 4.69) is 12.2 Å². The first-order valence-electron chi connectivity index (χ1n) is 13.7. The molecule has 0 aliphatic heterocycles. The molecule has 0 bridgehead atoms. The van der Waals surface area contributed by atoms with Crippen molar-refractivity contribution in [1.82, 2.24) is 10.2 Å². The molecule has 1 amide bonds. The monoisotopic (exact) mass is 531 g/mol. The molecule has 0 heterocycles. The molecule has 6 nitrogen and oxygen atoms in total. The number of amides is 1. The fourth-order valence-corrected chi connectivity index (χ4v) is 4.42.